The molecule has 1 atom stereocenters. The molecule has 2 aromatic carbocycles. The molecule has 2 rings (SSSR count). The van der Waals surface area contributed by atoms with Gasteiger partial charge in [-0.25, -0.2) is 8.42 Å². The first-order chi connectivity index (χ1) is 15.6. The third kappa shape index (κ3) is 7.99. The summed E-state index contributed by atoms with van der Waals surface area (Å²) in [7, 11) is -3.80. The van der Waals surface area contributed by atoms with E-state index in [2.05, 4.69) is 21.2 Å². The average Bonchev–Trinajstić information content (AvgIpc) is 2.68. The Kier molecular flexibility index (Phi) is 9.18. The Balaban J connectivity index is 2.44. The normalized spacial score (nSPS) is 12.7. The largest absolute Gasteiger partial charge is 0.350 e. The van der Waals surface area contributed by atoms with Crippen molar-refractivity contribution >= 4 is 55.1 Å². The predicted octanol–water partition coefficient (Wildman–Crippen LogP) is 4.51. The minimum atomic E-state index is -3.80. The number of anilines is 1. The number of rotatable bonds is 8. The molecule has 186 valence electrons. The minimum absolute atomic E-state index is 0.133. The summed E-state index contributed by atoms with van der Waals surface area (Å²) in [5.41, 5.74) is 1.28. The number of hydrogen-bond donors (Lipinski definition) is 1. The van der Waals surface area contributed by atoms with Crippen LogP contribution in [0.5, 0.6) is 0 Å². The van der Waals surface area contributed by atoms with E-state index in [9.17, 15) is 18.0 Å². The first-order valence-electron chi connectivity index (χ1n) is 10.7. The highest BCUT2D eigenvalue weighted by molar-refractivity contribution is 9.10. The smallest absolute Gasteiger partial charge is 0.244 e. The van der Waals surface area contributed by atoms with Crippen molar-refractivity contribution in [1.29, 1.82) is 0 Å². The van der Waals surface area contributed by atoms with Crippen molar-refractivity contribution in [3.05, 3.63) is 63.1 Å². The van der Waals surface area contributed by atoms with Crippen LogP contribution < -0.4 is 9.62 Å². The molecule has 0 spiro atoms. The third-order valence-corrected chi connectivity index (χ3v) is 6.87. The molecule has 0 aliphatic rings. The van der Waals surface area contributed by atoms with Crippen LogP contribution in [0.25, 0.3) is 0 Å². The Hall–Kier alpha value is -2.10. The van der Waals surface area contributed by atoms with E-state index in [1.54, 1.807) is 32.0 Å². The number of carbonyl (C=O) groups is 2. The number of carbonyl (C=O) groups excluding carboxylic acids is 2. The Morgan fingerprint density at radius 1 is 1.15 bits per heavy atom. The molecule has 0 bridgehead atoms. The third-order valence-electron chi connectivity index (χ3n) is 5.01. The molecular weight excluding hydrogens is 542 g/mol. The molecule has 0 aromatic heterocycles. The minimum Gasteiger partial charge on any atom is -0.350 e. The van der Waals surface area contributed by atoms with Gasteiger partial charge in [0.15, 0.2) is 0 Å². The molecule has 10 heteroatoms. The average molecular weight is 573 g/mol. The lowest BCUT2D eigenvalue weighted by Gasteiger charge is -2.33. The Bertz CT molecular complexity index is 1170. The van der Waals surface area contributed by atoms with Gasteiger partial charge < -0.3 is 10.2 Å². The van der Waals surface area contributed by atoms with Crippen LogP contribution in [0.4, 0.5) is 5.69 Å². The number of nitrogens with zero attached hydrogens (tertiary/aromatic N) is 2. The van der Waals surface area contributed by atoms with Crippen molar-refractivity contribution in [3.8, 4) is 0 Å². The van der Waals surface area contributed by atoms with E-state index in [1.165, 1.54) is 4.90 Å². The van der Waals surface area contributed by atoms with Gasteiger partial charge >= 0.3 is 0 Å². The summed E-state index contributed by atoms with van der Waals surface area (Å²) in [5, 5.41) is 3.36. The molecule has 0 saturated heterocycles. The fraction of sp³-hybridized carbons (Fsp3) is 0.417. The Labute approximate surface area is 215 Å². The lowest BCUT2D eigenvalue weighted by atomic mass is 10.1. The summed E-state index contributed by atoms with van der Waals surface area (Å²) in [6.45, 7) is 8.60. The van der Waals surface area contributed by atoms with E-state index in [0.29, 0.717) is 16.3 Å². The fourth-order valence-electron chi connectivity index (χ4n) is 3.38. The summed E-state index contributed by atoms with van der Waals surface area (Å²) in [5.74, 6) is -0.833. The van der Waals surface area contributed by atoms with Gasteiger partial charge in [0.25, 0.3) is 0 Å². The van der Waals surface area contributed by atoms with Crippen LogP contribution in [0.15, 0.2) is 46.9 Å². The Morgan fingerprint density at radius 3 is 2.32 bits per heavy atom. The molecule has 0 aliphatic heterocycles. The van der Waals surface area contributed by atoms with Crippen LogP contribution in [-0.2, 0) is 26.2 Å². The number of hydrogen-bond acceptors (Lipinski definition) is 4. The SMILES string of the molecule is Cc1cc(Cl)ccc1N(CC(=O)N(Cc1cccc(Br)c1)[C@H](C)C(=O)NC(C)(C)C)S(C)(=O)=O. The van der Waals surface area contributed by atoms with E-state index in [4.69, 9.17) is 11.6 Å². The lowest BCUT2D eigenvalue weighted by Crippen LogP contribution is -2.54. The van der Waals surface area contributed by atoms with Crippen molar-refractivity contribution in [2.75, 3.05) is 17.1 Å². The second-order valence-corrected chi connectivity index (χ2v) is 12.5. The zero-order valence-corrected chi connectivity index (χ0v) is 23.4. The van der Waals surface area contributed by atoms with E-state index in [-0.39, 0.29) is 12.5 Å². The summed E-state index contributed by atoms with van der Waals surface area (Å²) < 4.78 is 27.2. The Morgan fingerprint density at radius 2 is 1.79 bits per heavy atom. The second-order valence-electron chi connectivity index (χ2n) is 9.27. The molecule has 1 N–H and O–H groups in total. The molecular formula is C24H31BrClN3O4S. The molecule has 0 heterocycles. The lowest BCUT2D eigenvalue weighted by molar-refractivity contribution is -0.140. The molecule has 2 amide bonds. The van der Waals surface area contributed by atoms with Crippen molar-refractivity contribution in [2.24, 2.45) is 0 Å². The number of nitrogens with one attached hydrogen (secondary N) is 1. The van der Waals surface area contributed by atoms with Gasteiger partial charge in [0.2, 0.25) is 21.8 Å². The first kappa shape index (κ1) is 28.1. The molecule has 0 radical (unpaired) electrons. The number of amides is 2. The van der Waals surface area contributed by atoms with E-state index in [1.807, 2.05) is 45.0 Å². The predicted molar refractivity (Wildman–Crippen MR) is 140 cm³/mol. The van der Waals surface area contributed by atoms with Crippen molar-refractivity contribution in [2.45, 2.75) is 52.7 Å². The van der Waals surface area contributed by atoms with E-state index < -0.39 is 34.1 Å². The quantitative estimate of drug-likeness (QED) is 0.504. The zero-order chi connectivity index (χ0) is 25.8. The van der Waals surface area contributed by atoms with Gasteiger partial charge in [-0.3, -0.25) is 13.9 Å². The van der Waals surface area contributed by atoms with Crippen molar-refractivity contribution in [1.82, 2.24) is 10.2 Å². The number of sulfonamides is 1. The molecule has 2 aromatic rings. The van der Waals surface area contributed by atoms with Gasteiger partial charge in [0.05, 0.1) is 11.9 Å². The maximum absolute atomic E-state index is 13.6. The summed E-state index contributed by atoms with van der Waals surface area (Å²) in [6, 6.07) is 11.3. The summed E-state index contributed by atoms with van der Waals surface area (Å²) >= 11 is 9.46. The van der Waals surface area contributed by atoms with Crippen molar-refractivity contribution in [3.63, 3.8) is 0 Å². The summed E-state index contributed by atoms with van der Waals surface area (Å²) in [6.07, 6.45) is 1.04. The highest BCUT2D eigenvalue weighted by atomic mass is 79.9. The zero-order valence-electron chi connectivity index (χ0n) is 20.2. The number of halogens is 2. The van der Waals surface area contributed by atoms with E-state index in [0.717, 1.165) is 20.6 Å². The molecule has 0 aliphatic carbocycles. The molecule has 0 saturated carbocycles. The van der Waals surface area contributed by atoms with Crippen LogP contribution in [0, 0.1) is 6.92 Å². The topological polar surface area (TPSA) is 86.8 Å². The molecule has 0 fully saturated rings. The van der Waals surface area contributed by atoms with Crippen LogP contribution in [0.2, 0.25) is 5.02 Å². The van der Waals surface area contributed by atoms with Crippen LogP contribution in [0.1, 0.15) is 38.8 Å². The van der Waals surface area contributed by atoms with Crippen LogP contribution >= 0.6 is 27.5 Å². The van der Waals surface area contributed by atoms with Gasteiger partial charge in [-0.15, -0.1) is 0 Å². The van der Waals surface area contributed by atoms with Gasteiger partial charge in [-0.1, -0.05) is 39.7 Å². The van der Waals surface area contributed by atoms with Crippen LogP contribution in [-0.4, -0.2) is 49.5 Å². The number of benzene rings is 2. The second kappa shape index (κ2) is 11.1. The highest BCUT2D eigenvalue weighted by Crippen LogP contribution is 2.26. The van der Waals surface area contributed by atoms with Crippen molar-refractivity contribution < 1.29 is 18.0 Å². The first-order valence-corrected chi connectivity index (χ1v) is 13.7. The van der Waals surface area contributed by atoms with Gasteiger partial charge in [-0.05, 0) is 76.1 Å². The maximum Gasteiger partial charge on any atom is 0.244 e. The van der Waals surface area contributed by atoms with Gasteiger partial charge in [0.1, 0.15) is 12.6 Å². The fourth-order valence-corrected chi connectivity index (χ4v) is 4.96. The molecule has 34 heavy (non-hydrogen) atoms. The summed E-state index contributed by atoms with van der Waals surface area (Å²) in [4.78, 5) is 27.9. The maximum atomic E-state index is 13.6. The van der Waals surface area contributed by atoms with Crippen LogP contribution in [0.3, 0.4) is 0 Å². The standard InChI is InChI=1S/C24H31BrClN3O4S/c1-16-12-20(26)10-11-21(16)29(34(6,32)33)15-22(30)28(14-18-8-7-9-19(25)13-18)17(2)23(31)27-24(3,4)5/h7-13,17H,14-15H2,1-6H3,(H,27,31)/t17-/m1/s1. The van der Waals surface area contributed by atoms with Gasteiger partial charge in [0, 0.05) is 21.6 Å². The van der Waals surface area contributed by atoms with E-state index >= 15 is 0 Å². The highest BCUT2D eigenvalue weighted by Gasteiger charge is 2.31. The van der Waals surface area contributed by atoms with Gasteiger partial charge in [-0.2, -0.15) is 0 Å². The molecule has 7 nitrogen and oxygen atoms in total. The number of aryl methyl sites for hydroxylation is 1. The molecule has 0 unspecified atom stereocenters. The monoisotopic (exact) mass is 571 g/mol.